The van der Waals surface area contributed by atoms with E-state index in [2.05, 4.69) is 20.3 Å². The molecule has 4 heterocycles. The van der Waals surface area contributed by atoms with Crippen LogP contribution in [0, 0.1) is 5.82 Å². The van der Waals surface area contributed by atoms with Crippen molar-refractivity contribution in [1.82, 2.24) is 25.0 Å². The highest BCUT2D eigenvalue weighted by Gasteiger charge is 2.16. The summed E-state index contributed by atoms with van der Waals surface area (Å²) in [6, 6.07) is 6.42. The molecule has 1 N–H and O–H groups in total. The molecule has 0 radical (unpaired) electrons. The molecule has 29 heavy (non-hydrogen) atoms. The number of nitrogens with one attached hydrogen (secondary N) is 1. The van der Waals surface area contributed by atoms with Gasteiger partial charge >= 0.3 is 0 Å². The molecular weight excluding hydrogens is 373 g/mol. The fraction of sp³-hybridized carbons (Fsp3) is 0.190. The summed E-state index contributed by atoms with van der Waals surface area (Å²) < 4.78 is 27.3. The number of benzene rings is 1. The zero-order valence-corrected chi connectivity index (χ0v) is 15.7. The molecule has 146 valence electrons. The Labute approximate surface area is 165 Å². The molecule has 0 aliphatic carbocycles. The van der Waals surface area contributed by atoms with Crippen molar-refractivity contribution in [2.24, 2.45) is 7.05 Å². The normalized spacial score (nSPS) is 15.0. The Kier molecular flexibility index (Phi) is 4.23. The highest BCUT2D eigenvalue weighted by Crippen LogP contribution is 2.31. The van der Waals surface area contributed by atoms with Crippen LogP contribution in [-0.2, 0) is 7.05 Å². The van der Waals surface area contributed by atoms with Crippen LogP contribution in [0.3, 0.4) is 0 Å². The molecule has 0 atom stereocenters. The third-order valence-corrected chi connectivity index (χ3v) is 4.81. The smallest absolute Gasteiger partial charge is 0.221 e. The predicted octanol–water partition coefficient (Wildman–Crippen LogP) is 3.83. The number of pyridine rings is 1. The number of hydrogen-bond acceptors (Lipinski definition) is 5. The third-order valence-electron chi connectivity index (χ3n) is 4.81. The molecule has 1 aromatic carbocycles. The summed E-state index contributed by atoms with van der Waals surface area (Å²) in [5.74, 6) is 0.940. The summed E-state index contributed by atoms with van der Waals surface area (Å²) >= 11 is 0. The minimum absolute atomic E-state index is 0.320. The lowest BCUT2D eigenvalue weighted by molar-refractivity contribution is 0.236. The van der Waals surface area contributed by atoms with E-state index in [9.17, 15) is 4.39 Å². The Balaban J connectivity index is 1.66. The topological polar surface area (TPSA) is 77.9 Å². The molecule has 0 spiro atoms. The van der Waals surface area contributed by atoms with Gasteiger partial charge in [-0.1, -0.05) is 0 Å². The number of aromatic nitrogens is 5. The van der Waals surface area contributed by atoms with Gasteiger partial charge < -0.3 is 9.47 Å². The van der Waals surface area contributed by atoms with E-state index in [-0.39, 0.29) is 5.82 Å². The number of ether oxygens (including phenoxy) is 2. The average Bonchev–Trinajstić information content (AvgIpc) is 3.29. The van der Waals surface area contributed by atoms with E-state index in [4.69, 9.17) is 9.47 Å². The second kappa shape index (κ2) is 7.05. The molecule has 1 aliphatic heterocycles. The molecule has 0 amide bonds. The Morgan fingerprint density at radius 3 is 2.93 bits per heavy atom. The molecular formula is C21H18FN5O2. The molecule has 7 nitrogen and oxygen atoms in total. The number of rotatable bonds is 0. The van der Waals surface area contributed by atoms with Crippen LogP contribution in [0.2, 0.25) is 0 Å². The van der Waals surface area contributed by atoms with Crippen LogP contribution < -0.4 is 9.47 Å². The van der Waals surface area contributed by atoms with Gasteiger partial charge in [0, 0.05) is 24.4 Å². The molecule has 4 aromatic rings. The van der Waals surface area contributed by atoms with E-state index in [0.29, 0.717) is 36.8 Å². The van der Waals surface area contributed by atoms with Crippen molar-refractivity contribution < 1.29 is 13.9 Å². The Bertz CT molecular complexity index is 1230. The lowest BCUT2D eigenvalue weighted by atomic mass is 10.1. The summed E-state index contributed by atoms with van der Waals surface area (Å²) in [5.41, 5.74) is 3.74. The van der Waals surface area contributed by atoms with Crippen LogP contribution >= 0.6 is 0 Å². The highest BCUT2D eigenvalue weighted by atomic mass is 19.1. The summed E-state index contributed by atoms with van der Waals surface area (Å²) in [4.78, 5) is 4.53. The number of nitrogens with zero attached hydrogens (tertiary/aromatic N) is 4. The molecule has 1 aliphatic rings. The van der Waals surface area contributed by atoms with Gasteiger partial charge in [0.05, 0.1) is 48.1 Å². The van der Waals surface area contributed by atoms with Crippen LogP contribution in [0.15, 0.2) is 36.7 Å². The minimum Gasteiger partial charge on any atom is -0.493 e. The monoisotopic (exact) mass is 391 g/mol. The van der Waals surface area contributed by atoms with E-state index in [1.54, 1.807) is 29.2 Å². The van der Waals surface area contributed by atoms with E-state index >= 15 is 0 Å². The fourth-order valence-corrected chi connectivity index (χ4v) is 3.34. The lowest BCUT2D eigenvalue weighted by Crippen LogP contribution is -2.08. The summed E-state index contributed by atoms with van der Waals surface area (Å²) in [7, 11) is 1.83. The first-order chi connectivity index (χ1) is 14.2. The molecule has 0 unspecified atom stereocenters. The maximum absolute atomic E-state index is 13.8. The first-order valence-electron chi connectivity index (χ1n) is 9.29. The number of fused-ring (bicyclic) bond motifs is 4. The minimum atomic E-state index is -0.320. The van der Waals surface area contributed by atoms with Gasteiger partial charge in [-0.25, -0.2) is 9.07 Å². The van der Waals surface area contributed by atoms with Gasteiger partial charge in [-0.15, -0.1) is 0 Å². The molecule has 0 fully saturated rings. The van der Waals surface area contributed by atoms with Crippen molar-refractivity contribution in [3.8, 4) is 22.9 Å². The van der Waals surface area contributed by atoms with E-state index in [0.717, 1.165) is 27.9 Å². The van der Waals surface area contributed by atoms with Crippen molar-refractivity contribution >= 4 is 23.1 Å². The second-order valence-electron chi connectivity index (χ2n) is 6.78. The number of hydrogen-bond donors (Lipinski definition) is 1. The van der Waals surface area contributed by atoms with Gasteiger partial charge in [0.25, 0.3) is 0 Å². The quantitative estimate of drug-likeness (QED) is 0.493. The van der Waals surface area contributed by atoms with Crippen molar-refractivity contribution in [1.29, 1.82) is 0 Å². The third kappa shape index (κ3) is 3.22. The van der Waals surface area contributed by atoms with E-state index in [1.165, 1.54) is 12.1 Å². The first-order valence-corrected chi connectivity index (χ1v) is 9.29. The average molecular weight is 391 g/mol. The van der Waals surface area contributed by atoms with Crippen molar-refractivity contribution in [3.63, 3.8) is 0 Å². The molecule has 0 saturated carbocycles. The maximum atomic E-state index is 13.8. The largest absolute Gasteiger partial charge is 0.493 e. The van der Waals surface area contributed by atoms with Gasteiger partial charge in [0.1, 0.15) is 11.6 Å². The van der Waals surface area contributed by atoms with E-state index in [1.807, 2.05) is 19.2 Å². The van der Waals surface area contributed by atoms with Crippen LogP contribution in [0.1, 0.15) is 17.7 Å². The van der Waals surface area contributed by atoms with E-state index < -0.39 is 0 Å². The Morgan fingerprint density at radius 2 is 2.00 bits per heavy atom. The lowest BCUT2D eigenvalue weighted by Gasteiger charge is -2.11. The predicted molar refractivity (Wildman–Crippen MR) is 107 cm³/mol. The fourth-order valence-electron chi connectivity index (χ4n) is 3.34. The second-order valence-corrected chi connectivity index (χ2v) is 6.78. The Hall–Kier alpha value is -3.68. The summed E-state index contributed by atoms with van der Waals surface area (Å²) in [5, 5.41) is 12.6. The zero-order valence-electron chi connectivity index (χ0n) is 15.7. The number of aryl methyl sites for hydroxylation is 1. The van der Waals surface area contributed by atoms with Crippen molar-refractivity contribution in [2.75, 3.05) is 13.2 Å². The molecule has 3 aromatic heterocycles. The SMILES string of the molecule is Cn1ncc2c1OCCCOc1ccc(F)cc1/C=C/c1n[nH]c3cnc-2cc13. The maximum Gasteiger partial charge on any atom is 0.221 e. The van der Waals surface area contributed by atoms with Gasteiger partial charge in [0.2, 0.25) is 5.88 Å². The van der Waals surface area contributed by atoms with Crippen molar-refractivity contribution in [3.05, 3.63) is 53.7 Å². The number of halogens is 1. The van der Waals surface area contributed by atoms with Gasteiger partial charge in [0.15, 0.2) is 0 Å². The van der Waals surface area contributed by atoms with Gasteiger partial charge in [-0.3, -0.25) is 10.1 Å². The zero-order chi connectivity index (χ0) is 19.8. The molecule has 0 saturated heterocycles. The first kappa shape index (κ1) is 17.4. The molecule has 2 bridgehead atoms. The van der Waals surface area contributed by atoms with Gasteiger partial charge in [-0.05, 0) is 36.4 Å². The number of H-pyrrole nitrogens is 1. The van der Waals surface area contributed by atoms with Crippen LogP contribution in [-0.4, -0.2) is 38.2 Å². The molecule has 8 heteroatoms. The number of aromatic amines is 1. The summed E-state index contributed by atoms with van der Waals surface area (Å²) in [6.45, 7) is 0.899. The Morgan fingerprint density at radius 1 is 1.10 bits per heavy atom. The van der Waals surface area contributed by atoms with Gasteiger partial charge in [-0.2, -0.15) is 10.2 Å². The van der Waals surface area contributed by atoms with Crippen molar-refractivity contribution in [2.45, 2.75) is 6.42 Å². The summed E-state index contributed by atoms with van der Waals surface area (Å²) in [6.07, 6.45) is 7.79. The highest BCUT2D eigenvalue weighted by molar-refractivity contribution is 5.91. The molecule has 5 rings (SSSR count). The standard InChI is InChI=1S/C21H18FN5O2/c1-27-21-16(11-24-27)18-10-15-17(25-26-19(15)12-23-18)5-3-13-9-14(22)4-6-20(13)28-7-2-8-29-21/h3-6,9-12H,2,7-8H2,1H3,(H,25,26)/b5-3+. The van der Waals surface area contributed by atoms with Crippen LogP contribution in [0.5, 0.6) is 11.6 Å². The van der Waals surface area contributed by atoms with Crippen LogP contribution in [0.4, 0.5) is 4.39 Å². The van der Waals surface area contributed by atoms with Crippen LogP contribution in [0.25, 0.3) is 34.3 Å².